The van der Waals surface area contributed by atoms with Crippen molar-refractivity contribution in [3.8, 4) is 0 Å². The third-order valence-corrected chi connectivity index (χ3v) is 5.01. The normalized spacial score (nSPS) is 18.6. The molecular weight excluding hydrogens is 332 g/mol. The van der Waals surface area contributed by atoms with Gasteiger partial charge in [0.25, 0.3) is 5.91 Å². The molecule has 1 aliphatic rings. The fourth-order valence-corrected chi connectivity index (χ4v) is 3.62. The van der Waals surface area contributed by atoms with Crippen molar-refractivity contribution in [1.29, 1.82) is 0 Å². The number of carboxylic acid groups (broad SMARTS) is 1. The molecule has 0 spiro atoms. The highest BCUT2D eigenvalue weighted by Crippen LogP contribution is 2.26. The highest BCUT2D eigenvalue weighted by molar-refractivity contribution is 5.96. The molecule has 2 unspecified atom stereocenters. The number of rotatable bonds is 4. The summed E-state index contributed by atoms with van der Waals surface area (Å²) >= 11 is 0. The molecule has 0 radical (unpaired) electrons. The summed E-state index contributed by atoms with van der Waals surface area (Å²) in [5, 5.41) is 9.14. The predicted molar refractivity (Wildman–Crippen MR) is 97.4 cm³/mol. The fourth-order valence-electron chi connectivity index (χ4n) is 3.62. The SMILES string of the molecule is Cc1cc(C(=O)N2CCOC(C(=O)O)C2)c(C)n1C(C)c1ccccc1. The van der Waals surface area contributed by atoms with Crippen LogP contribution < -0.4 is 0 Å². The average molecular weight is 356 g/mol. The molecule has 1 fully saturated rings. The number of nitrogens with zero attached hydrogens (tertiary/aromatic N) is 2. The monoisotopic (exact) mass is 356 g/mol. The van der Waals surface area contributed by atoms with E-state index in [0.29, 0.717) is 12.1 Å². The zero-order valence-corrected chi connectivity index (χ0v) is 15.3. The van der Waals surface area contributed by atoms with E-state index < -0.39 is 12.1 Å². The van der Waals surface area contributed by atoms with E-state index in [0.717, 1.165) is 11.4 Å². The minimum atomic E-state index is -1.04. The number of aliphatic carboxylic acids is 1. The molecule has 6 heteroatoms. The lowest BCUT2D eigenvalue weighted by molar-refractivity contribution is -0.154. The summed E-state index contributed by atoms with van der Waals surface area (Å²) < 4.78 is 7.36. The zero-order chi connectivity index (χ0) is 18.8. The van der Waals surface area contributed by atoms with Crippen LogP contribution in [0, 0.1) is 13.8 Å². The van der Waals surface area contributed by atoms with E-state index in [1.807, 2.05) is 38.1 Å². The Morgan fingerprint density at radius 1 is 1.23 bits per heavy atom. The number of ether oxygens (including phenoxy) is 1. The summed E-state index contributed by atoms with van der Waals surface area (Å²) in [6, 6.07) is 12.1. The minimum Gasteiger partial charge on any atom is -0.479 e. The van der Waals surface area contributed by atoms with Crippen LogP contribution in [-0.4, -0.2) is 52.3 Å². The van der Waals surface area contributed by atoms with Gasteiger partial charge in [-0.2, -0.15) is 0 Å². The van der Waals surface area contributed by atoms with Gasteiger partial charge in [0.2, 0.25) is 0 Å². The van der Waals surface area contributed by atoms with Crippen LogP contribution in [0.25, 0.3) is 0 Å². The van der Waals surface area contributed by atoms with E-state index in [4.69, 9.17) is 9.84 Å². The molecule has 2 aromatic rings. The molecule has 1 saturated heterocycles. The van der Waals surface area contributed by atoms with Crippen molar-refractivity contribution in [2.45, 2.75) is 32.9 Å². The van der Waals surface area contributed by atoms with Gasteiger partial charge in [0.15, 0.2) is 6.10 Å². The van der Waals surface area contributed by atoms with Gasteiger partial charge >= 0.3 is 5.97 Å². The average Bonchev–Trinajstić information content (AvgIpc) is 2.95. The standard InChI is InChI=1S/C20H24N2O4/c1-13-11-17(19(23)21-9-10-26-18(12-21)20(24)25)15(3)22(13)14(2)16-7-5-4-6-8-16/h4-8,11,14,18H,9-10,12H2,1-3H3,(H,24,25). The van der Waals surface area contributed by atoms with Gasteiger partial charge in [0.1, 0.15) is 0 Å². The number of hydrogen-bond acceptors (Lipinski definition) is 3. The second kappa shape index (κ2) is 7.33. The van der Waals surface area contributed by atoms with Gasteiger partial charge in [-0.3, -0.25) is 4.79 Å². The van der Waals surface area contributed by atoms with E-state index in [1.165, 1.54) is 5.56 Å². The lowest BCUT2D eigenvalue weighted by Crippen LogP contribution is -2.48. The number of aromatic nitrogens is 1. The Bertz CT molecular complexity index is 813. The van der Waals surface area contributed by atoms with Crippen LogP contribution in [-0.2, 0) is 9.53 Å². The van der Waals surface area contributed by atoms with Crippen LogP contribution in [0.1, 0.15) is 40.3 Å². The summed E-state index contributed by atoms with van der Waals surface area (Å²) in [7, 11) is 0. The molecule has 138 valence electrons. The first-order chi connectivity index (χ1) is 12.4. The van der Waals surface area contributed by atoms with Crippen molar-refractivity contribution in [3.63, 3.8) is 0 Å². The highest BCUT2D eigenvalue weighted by atomic mass is 16.5. The van der Waals surface area contributed by atoms with Crippen LogP contribution in [0.4, 0.5) is 0 Å². The molecule has 1 N–H and O–H groups in total. The Kier molecular flexibility index (Phi) is 5.13. The fraction of sp³-hybridized carbons (Fsp3) is 0.400. The lowest BCUT2D eigenvalue weighted by Gasteiger charge is -2.31. The molecule has 3 rings (SSSR count). The number of benzene rings is 1. The number of morpholine rings is 1. The smallest absolute Gasteiger partial charge is 0.334 e. The Labute approximate surface area is 153 Å². The van der Waals surface area contributed by atoms with Crippen molar-refractivity contribution in [2.75, 3.05) is 19.7 Å². The van der Waals surface area contributed by atoms with Gasteiger partial charge < -0.3 is 19.3 Å². The number of carbonyl (C=O) groups is 2. The van der Waals surface area contributed by atoms with Gasteiger partial charge in [-0.25, -0.2) is 4.79 Å². The molecule has 0 bridgehead atoms. The zero-order valence-electron chi connectivity index (χ0n) is 15.3. The largest absolute Gasteiger partial charge is 0.479 e. The number of hydrogen-bond donors (Lipinski definition) is 1. The third-order valence-electron chi connectivity index (χ3n) is 5.01. The van der Waals surface area contributed by atoms with Crippen molar-refractivity contribution in [2.24, 2.45) is 0 Å². The second-order valence-corrected chi connectivity index (χ2v) is 6.69. The molecule has 2 heterocycles. The maximum absolute atomic E-state index is 13.0. The van der Waals surface area contributed by atoms with Gasteiger partial charge in [0.05, 0.1) is 24.8 Å². The van der Waals surface area contributed by atoms with Crippen molar-refractivity contribution in [1.82, 2.24) is 9.47 Å². The van der Waals surface area contributed by atoms with Crippen molar-refractivity contribution < 1.29 is 19.4 Å². The van der Waals surface area contributed by atoms with Crippen LogP contribution in [0.15, 0.2) is 36.4 Å². The van der Waals surface area contributed by atoms with E-state index in [9.17, 15) is 9.59 Å². The van der Waals surface area contributed by atoms with Gasteiger partial charge in [-0.1, -0.05) is 30.3 Å². The number of aryl methyl sites for hydroxylation is 1. The van der Waals surface area contributed by atoms with Crippen molar-refractivity contribution >= 4 is 11.9 Å². The Morgan fingerprint density at radius 3 is 2.58 bits per heavy atom. The van der Waals surface area contributed by atoms with E-state index >= 15 is 0 Å². The molecule has 1 aromatic carbocycles. The maximum atomic E-state index is 13.0. The van der Waals surface area contributed by atoms with E-state index in [-0.39, 0.29) is 25.1 Å². The Morgan fingerprint density at radius 2 is 1.92 bits per heavy atom. The quantitative estimate of drug-likeness (QED) is 0.914. The molecule has 1 aliphatic heterocycles. The molecule has 1 aromatic heterocycles. The van der Waals surface area contributed by atoms with E-state index in [2.05, 4.69) is 23.6 Å². The molecule has 0 saturated carbocycles. The van der Waals surface area contributed by atoms with Crippen molar-refractivity contribution in [3.05, 3.63) is 58.9 Å². The maximum Gasteiger partial charge on any atom is 0.334 e. The summed E-state index contributed by atoms with van der Waals surface area (Å²) in [4.78, 5) is 25.7. The third kappa shape index (κ3) is 3.37. The molecule has 2 atom stereocenters. The summed E-state index contributed by atoms with van der Waals surface area (Å²) in [6.45, 7) is 6.75. The van der Waals surface area contributed by atoms with E-state index in [1.54, 1.807) is 4.90 Å². The minimum absolute atomic E-state index is 0.0755. The number of carboxylic acids is 1. The molecular formula is C20H24N2O4. The van der Waals surface area contributed by atoms with Gasteiger partial charge in [-0.15, -0.1) is 0 Å². The first-order valence-corrected chi connectivity index (χ1v) is 8.77. The first-order valence-electron chi connectivity index (χ1n) is 8.77. The lowest BCUT2D eigenvalue weighted by atomic mass is 10.1. The molecule has 1 amide bonds. The van der Waals surface area contributed by atoms with Crippen LogP contribution in [0.2, 0.25) is 0 Å². The topological polar surface area (TPSA) is 71.8 Å². The Balaban J connectivity index is 1.88. The van der Waals surface area contributed by atoms with Crippen LogP contribution >= 0.6 is 0 Å². The Hall–Kier alpha value is -2.60. The highest BCUT2D eigenvalue weighted by Gasteiger charge is 2.31. The van der Waals surface area contributed by atoms with Crippen LogP contribution in [0.5, 0.6) is 0 Å². The van der Waals surface area contributed by atoms with Crippen LogP contribution in [0.3, 0.4) is 0 Å². The predicted octanol–water partition coefficient (Wildman–Crippen LogP) is 2.64. The van der Waals surface area contributed by atoms with Gasteiger partial charge in [0, 0.05) is 17.9 Å². The molecule has 0 aliphatic carbocycles. The summed E-state index contributed by atoms with van der Waals surface area (Å²) in [5.41, 5.74) is 3.69. The number of amides is 1. The molecule has 6 nitrogen and oxygen atoms in total. The second-order valence-electron chi connectivity index (χ2n) is 6.69. The summed E-state index contributed by atoms with van der Waals surface area (Å²) in [5.74, 6) is -1.18. The summed E-state index contributed by atoms with van der Waals surface area (Å²) in [6.07, 6.45) is -0.959. The number of carbonyl (C=O) groups excluding carboxylic acids is 1. The molecule has 26 heavy (non-hydrogen) atoms. The van der Waals surface area contributed by atoms with Gasteiger partial charge in [-0.05, 0) is 32.4 Å². The first kappa shape index (κ1) is 18.2.